The monoisotopic (exact) mass is 296 g/mol. The fourth-order valence-corrected chi connectivity index (χ4v) is 3.38. The Kier molecular flexibility index (Phi) is 5.99. The molecule has 0 bridgehead atoms. The molecule has 1 atom stereocenters. The lowest BCUT2D eigenvalue weighted by molar-refractivity contribution is -0.136. The van der Waals surface area contributed by atoms with Gasteiger partial charge in [0.1, 0.15) is 0 Å². The topological polar surface area (TPSA) is 78.7 Å². The van der Waals surface area contributed by atoms with Crippen LogP contribution in [0.15, 0.2) is 0 Å². The molecule has 2 aliphatic rings. The third-order valence-corrected chi connectivity index (χ3v) is 4.75. The van der Waals surface area contributed by atoms with E-state index in [1.165, 1.54) is 0 Å². The predicted molar refractivity (Wildman–Crippen MR) is 81.6 cm³/mol. The Morgan fingerprint density at radius 1 is 1.29 bits per heavy atom. The molecule has 0 radical (unpaired) electrons. The summed E-state index contributed by atoms with van der Waals surface area (Å²) < 4.78 is 0. The number of rotatable bonds is 5. The van der Waals surface area contributed by atoms with Gasteiger partial charge in [-0.05, 0) is 45.3 Å². The highest BCUT2D eigenvalue weighted by atomic mass is 16.2. The largest absolute Gasteiger partial charge is 0.369 e. The first kappa shape index (κ1) is 16.2. The smallest absolute Gasteiger partial charge is 0.236 e. The minimum Gasteiger partial charge on any atom is -0.369 e. The van der Waals surface area contributed by atoms with Crippen LogP contribution in [-0.2, 0) is 9.59 Å². The van der Waals surface area contributed by atoms with Crippen molar-refractivity contribution in [1.82, 2.24) is 15.1 Å². The fourth-order valence-electron chi connectivity index (χ4n) is 3.38. The molecule has 6 heteroatoms. The highest BCUT2D eigenvalue weighted by Gasteiger charge is 2.29. The first-order valence-corrected chi connectivity index (χ1v) is 8.13. The SMILES string of the molecule is CCN(CC(=O)N1CCCC(C(N)=O)C1)C1CCNCC1. The van der Waals surface area contributed by atoms with Crippen LogP contribution >= 0.6 is 0 Å². The van der Waals surface area contributed by atoms with Crippen LogP contribution < -0.4 is 11.1 Å². The molecule has 0 spiro atoms. The quantitative estimate of drug-likeness (QED) is 0.735. The number of carbonyl (C=O) groups excluding carboxylic acids is 2. The molecule has 3 N–H and O–H groups in total. The minimum atomic E-state index is -0.279. The number of hydrogen-bond donors (Lipinski definition) is 2. The van der Waals surface area contributed by atoms with Gasteiger partial charge in [-0.1, -0.05) is 6.92 Å². The zero-order valence-electron chi connectivity index (χ0n) is 13.0. The van der Waals surface area contributed by atoms with Crippen molar-refractivity contribution >= 4 is 11.8 Å². The van der Waals surface area contributed by atoms with Crippen LogP contribution in [-0.4, -0.2) is 66.9 Å². The number of primary amides is 1. The van der Waals surface area contributed by atoms with Crippen molar-refractivity contribution in [2.45, 2.75) is 38.6 Å². The van der Waals surface area contributed by atoms with E-state index in [9.17, 15) is 9.59 Å². The second-order valence-corrected chi connectivity index (χ2v) is 6.13. The molecule has 0 aromatic carbocycles. The van der Waals surface area contributed by atoms with Gasteiger partial charge in [-0.3, -0.25) is 14.5 Å². The van der Waals surface area contributed by atoms with E-state index in [1.54, 1.807) is 0 Å². The van der Waals surface area contributed by atoms with Gasteiger partial charge in [-0.15, -0.1) is 0 Å². The predicted octanol–water partition coefficient (Wildman–Crippen LogP) is -0.216. The summed E-state index contributed by atoms with van der Waals surface area (Å²) in [5, 5.41) is 3.36. The van der Waals surface area contributed by atoms with Crippen molar-refractivity contribution in [3.05, 3.63) is 0 Å². The van der Waals surface area contributed by atoms with Crippen molar-refractivity contribution in [1.29, 1.82) is 0 Å². The number of amides is 2. The van der Waals surface area contributed by atoms with E-state index in [0.717, 1.165) is 51.9 Å². The van der Waals surface area contributed by atoms with Gasteiger partial charge in [0.15, 0.2) is 0 Å². The van der Waals surface area contributed by atoms with E-state index in [4.69, 9.17) is 5.73 Å². The molecule has 1 unspecified atom stereocenters. The van der Waals surface area contributed by atoms with Gasteiger partial charge in [-0.2, -0.15) is 0 Å². The van der Waals surface area contributed by atoms with Crippen LogP contribution in [0.2, 0.25) is 0 Å². The summed E-state index contributed by atoms with van der Waals surface area (Å²) >= 11 is 0. The zero-order chi connectivity index (χ0) is 15.2. The molecule has 120 valence electrons. The molecule has 21 heavy (non-hydrogen) atoms. The molecule has 6 nitrogen and oxygen atoms in total. The molecule has 0 aromatic rings. The lowest BCUT2D eigenvalue weighted by atomic mass is 9.97. The summed E-state index contributed by atoms with van der Waals surface area (Å²) in [5.41, 5.74) is 5.38. The number of nitrogens with two attached hydrogens (primary N) is 1. The molecule has 0 aromatic heterocycles. The molecular formula is C15H28N4O2. The van der Waals surface area contributed by atoms with Crippen LogP contribution in [0.25, 0.3) is 0 Å². The van der Waals surface area contributed by atoms with Crippen LogP contribution in [0.1, 0.15) is 32.6 Å². The molecule has 2 heterocycles. The van der Waals surface area contributed by atoms with Crippen LogP contribution in [0.5, 0.6) is 0 Å². The van der Waals surface area contributed by atoms with Crippen molar-refractivity contribution in [3.63, 3.8) is 0 Å². The summed E-state index contributed by atoms with van der Waals surface area (Å²) in [5.74, 6) is -0.309. The van der Waals surface area contributed by atoms with E-state index in [1.807, 2.05) is 4.90 Å². The van der Waals surface area contributed by atoms with E-state index < -0.39 is 0 Å². The maximum atomic E-state index is 12.5. The maximum absolute atomic E-state index is 12.5. The lowest BCUT2D eigenvalue weighted by Gasteiger charge is -2.36. The van der Waals surface area contributed by atoms with E-state index in [2.05, 4.69) is 17.1 Å². The van der Waals surface area contributed by atoms with Crippen molar-refractivity contribution < 1.29 is 9.59 Å². The average molecular weight is 296 g/mol. The first-order chi connectivity index (χ1) is 10.1. The van der Waals surface area contributed by atoms with Gasteiger partial charge in [0, 0.05) is 19.1 Å². The number of likely N-dealkylation sites (N-methyl/N-ethyl adjacent to an activating group) is 1. The standard InChI is InChI=1S/C15H28N4O2/c1-2-18(13-5-7-17-8-6-13)11-14(20)19-9-3-4-12(10-19)15(16)21/h12-13,17H,2-11H2,1H3,(H2,16,21). The second-order valence-electron chi connectivity index (χ2n) is 6.13. The van der Waals surface area contributed by atoms with Gasteiger partial charge >= 0.3 is 0 Å². The molecule has 0 saturated carbocycles. The number of carbonyl (C=O) groups is 2. The number of nitrogens with one attached hydrogen (secondary N) is 1. The Morgan fingerprint density at radius 3 is 2.62 bits per heavy atom. The van der Waals surface area contributed by atoms with Crippen molar-refractivity contribution in [3.8, 4) is 0 Å². The number of piperidine rings is 2. The molecule has 2 saturated heterocycles. The van der Waals surface area contributed by atoms with Gasteiger partial charge in [0.25, 0.3) is 0 Å². The first-order valence-electron chi connectivity index (χ1n) is 8.13. The van der Waals surface area contributed by atoms with Crippen molar-refractivity contribution in [2.75, 3.05) is 39.3 Å². The van der Waals surface area contributed by atoms with E-state index in [0.29, 0.717) is 19.1 Å². The molecular weight excluding hydrogens is 268 g/mol. The number of nitrogens with zero attached hydrogens (tertiary/aromatic N) is 2. The summed E-state index contributed by atoms with van der Waals surface area (Å²) in [6.45, 7) is 6.78. The number of likely N-dealkylation sites (tertiary alicyclic amines) is 1. The Bertz CT molecular complexity index is 369. The summed E-state index contributed by atoms with van der Waals surface area (Å²) in [6, 6.07) is 0.497. The average Bonchev–Trinajstić information content (AvgIpc) is 2.53. The second kappa shape index (κ2) is 7.75. The van der Waals surface area contributed by atoms with Gasteiger partial charge < -0.3 is 16.0 Å². The van der Waals surface area contributed by atoms with Gasteiger partial charge in [0.05, 0.1) is 12.5 Å². The minimum absolute atomic E-state index is 0.140. The Balaban J connectivity index is 1.87. The fraction of sp³-hybridized carbons (Fsp3) is 0.867. The third-order valence-electron chi connectivity index (χ3n) is 4.75. The molecule has 0 aliphatic carbocycles. The van der Waals surface area contributed by atoms with E-state index >= 15 is 0 Å². The van der Waals surface area contributed by atoms with Crippen LogP contribution in [0.4, 0.5) is 0 Å². The van der Waals surface area contributed by atoms with E-state index in [-0.39, 0.29) is 17.7 Å². The zero-order valence-corrected chi connectivity index (χ0v) is 13.0. The molecule has 2 rings (SSSR count). The van der Waals surface area contributed by atoms with Crippen molar-refractivity contribution in [2.24, 2.45) is 11.7 Å². The normalized spacial score (nSPS) is 24.3. The number of hydrogen-bond acceptors (Lipinski definition) is 4. The highest BCUT2D eigenvalue weighted by molar-refractivity contribution is 5.81. The molecule has 2 fully saturated rings. The van der Waals surface area contributed by atoms with Gasteiger partial charge in [-0.25, -0.2) is 0 Å². The molecule has 2 amide bonds. The maximum Gasteiger partial charge on any atom is 0.236 e. The lowest BCUT2D eigenvalue weighted by Crippen LogP contribution is -2.51. The van der Waals surface area contributed by atoms with Crippen LogP contribution in [0, 0.1) is 5.92 Å². The summed E-state index contributed by atoms with van der Waals surface area (Å²) in [6.07, 6.45) is 3.89. The molecule has 2 aliphatic heterocycles. The van der Waals surface area contributed by atoms with Crippen LogP contribution in [0.3, 0.4) is 0 Å². The van der Waals surface area contributed by atoms with Gasteiger partial charge in [0.2, 0.25) is 11.8 Å². The Labute approximate surface area is 127 Å². The summed E-state index contributed by atoms with van der Waals surface area (Å²) in [7, 11) is 0. The summed E-state index contributed by atoms with van der Waals surface area (Å²) in [4.78, 5) is 27.9. The highest BCUT2D eigenvalue weighted by Crippen LogP contribution is 2.17. The Morgan fingerprint density at radius 2 is 2.00 bits per heavy atom. The third kappa shape index (κ3) is 4.41. The Hall–Kier alpha value is -1.14.